The summed E-state index contributed by atoms with van der Waals surface area (Å²) >= 11 is 6.63. The number of nitrogens with zero attached hydrogens (tertiary/aromatic N) is 4. The number of hydrogen-bond acceptors (Lipinski definition) is 5. The third-order valence-corrected chi connectivity index (χ3v) is 6.88. The predicted octanol–water partition coefficient (Wildman–Crippen LogP) is 6.32. The number of benzene rings is 1. The number of aromatic nitrogens is 3. The van der Waals surface area contributed by atoms with Crippen LogP contribution in [0.2, 0.25) is 5.02 Å². The Morgan fingerprint density at radius 1 is 1.19 bits per heavy atom. The molecular weight excluding hydrogens is 558 g/mol. The highest BCUT2D eigenvalue weighted by Gasteiger charge is 2.64. The van der Waals surface area contributed by atoms with Crippen molar-refractivity contribution in [3.8, 4) is 27.2 Å². The second-order valence-corrected chi connectivity index (χ2v) is 9.58. The van der Waals surface area contributed by atoms with Crippen LogP contribution in [0.25, 0.3) is 21.1 Å². The van der Waals surface area contributed by atoms with E-state index in [0.717, 1.165) is 13.2 Å². The number of nitrogens with one attached hydrogen (secondary N) is 1. The zero-order valence-corrected chi connectivity index (χ0v) is 19.8. The summed E-state index contributed by atoms with van der Waals surface area (Å²) in [4.78, 5) is 16.2. The minimum Gasteiger partial charge on any atom is -0.334 e. The van der Waals surface area contributed by atoms with Gasteiger partial charge in [-0.05, 0) is 25.0 Å². The molecule has 1 aliphatic rings. The van der Waals surface area contributed by atoms with E-state index in [-0.39, 0.29) is 25.8 Å². The van der Waals surface area contributed by atoms with Gasteiger partial charge in [-0.25, -0.2) is 4.98 Å². The molecule has 1 amide bonds. The van der Waals surface area contributed by atoms with Gasteiger partial charge in [0.1, 0.15) is 16.1 Å². The summed E-state index contributed by atoms with van der Waals surface area (Å²) in [7, 11) is 0.799. The molecule has 0 saturated heterocycles. The van der Waals surface area contributed by atoms with Gasteiger partial charge in [0.25, 0.3) is 5.91 Å². The Morgan fingerprint density at radius 3 is 2.38 bits per heavy atom. The number of carbonyl (C=O) groups is 1. The first-order chi connectivity index (χ1) is 17.0. The summed E-state index contributed by atoms with van der Waals surface area (Å²) in [5, 5.41) is 14.6. The quantitative estimate of drug-likeness (QED) is 0.364. The van der Waals surface area contributed by atoms with Crippen LogP contribution in [-0.2, 0) is 19.1 Å². The zero-order chi connectivity index (χ0) is 27.6. The Morgan fingerprint density at radius 2 is 1.84 bits per heavy atom. The Balaban J connectivity index is 1.77. The molecule has 0 spiro atoms. The Labute approximate surface area is 211 Å². The summed E-state index contributed by atoms with van der Waals surface area (Å²) in [6, 6.07) is 5.94. The van der Waals surface area contributed by atoms with E-state index in [1.165, 1.54) is 18.2 Å². The molecule has 1 aromatic carbocycles. The third-order valence-electron chi connectivity index (χ3n) is 5.50. The summed E-state index contributed by atoms with van der Waals surface area (Å²) in [5.41, 5.74) is -6.61. The van der Waals surface area contributed by atoms with Crippen molar-refractivity contribution in [2.45, 2.75) is 36.7 Å². The molecule has 2 aromatic heterocycles. The van der Waals surface area contributed by atoms with Gasteiger partial charge >= 0.3 is 18.3 Å². The van der Waals surface area contributed by atoms with Crippen LogP contribution in [0, 0.1) is 11.3 Å². The lowest BCUT2D eigenvalue weighted by Crippen LogP contribution is -2.36. The largest absolute Gasteiger partial charge is 0.459 e. The van der Waals surface area contributed by atoms with Gasteiger partial charge in [0.05, 0.1) is 27.2 Å². The van der Waals surface area contributed by atoms with E-state index in [2.05, 4.69) is 15.4 Å². The lowest BCUT2D eigenvalue weighted by atomic mass is 10.1. The summed E-state index contributed by atoms with van der Waals surface area (Å²) < 4.78 is 108. The summed E-state index contributed by atoms with van der Waals surface area (Å²) in [5.74, 6) is -6.55. The van der Waals surface area contributed by atoms with Gasteiger partial charge in [0, 0.05) is 18.8 Å². The second-order valence-electron chi connectivity index (χ2n) is 8.14. The van der Waals surface area contributed by atoms with Crippen molar-refractivity contribution in [2.24, 2.45) is 7.05 Å². The number of aryl methyl sites for hydroxylation is 1. The van der Waals surface area contributed by atoms with E-state index >= 15 is 0 Å². The van der Waals surface area contributed by atoms with Gasteiger partial charge < -0.3 is 5.32 Å². The molecular formula is C21H12ClF8N5OS. The Bertz CT molecular complexity index is 1430. The molecule has 0 bridgehead atoms. The van der Waals surface area contributed by atoms with Crippen LogP contribution >= 0.6 is 22.9 Å². The van der Waals surface area contributed by atoms with E-state index < -0.39 is 51.5 Å². The SMILES string of the molecule is Cn1nc(C(F)(F)C(F)(F)F)c(C(F)(F)F)c1-c1cnc(-c2ccc(Cl)c(C(=O)NC3(C#N)CC3)c2)s1. The summed E-state index contributed by atoms with van der Waals surface area (Å²) in [6.45, 7) is 0. The van der Waals surface area contributed by atoms with E-state index in [1.54, 1.807) is 0 Å². The fourth-order valence-electron chi connectivity index (χ4n) is 3.45. The standard InChI is InChI=1S/C21H12ClF8N5OS/c1-35-14(13(20(25,26)27)15(34-35)19(23,24)21(28,29)30)12-7-32-17(37-12)9-2-3-11(22)10(6-9)16(36)33-18(8-31)4-5-18/h2-3,6-7H,4-5H2,1H3,(H,33,36). The first-order valence-electron chi connectivity index (χ1n) is 10.1. The maximum absolute atomic E-state index is 14.0. The van der Waals surface area contributed by atoms with Gasteiger partial charge in [0.2, 0.25) is 0 Å². The van der Waals surface area contributed by atoms with Crippen LogP contribution in [0.3, 0.4) is 0 Å². The molecule has 4 rings (SSSR count). The molecule has 1 saturated carbocycles. The van der Waals surface area contributed by atoms with Crippen molar-refractivity contribution in [1.29, 1.82) is 5.26 Å². The molecule has 16 heteroatoms. The van der Waals surface area contributed by atoms with Crippen LogP contribution in [0.5, 0.6) is 0 Å². The maximum Gasteiger partial charge on any atom is 0.459 e. The van der Waals surface area contributed by atoms with Gasteiger partial charge in [0.15, 0.2) is 5.69 Å². The molecule has 0 radical (unpaired) electrons. The molecule has 6 nitrogen and oxygen atoms in total. The minimum absolute atomic E-state index is 0.0109. The molecule has 0 atom stereocenters. The normalized spacial score (nSPS) is 15.4. The lowest BCUT2D eigenvalue weighted by Gasteiger charge is -2.19. The molecule has 1 fully saturated rings. The topological polar surface area (TPSA) is 83.6 Å². The number of thiazole rings is 1. The molecule has 2 heterocycles. The van der Waals surface area contributed by atoms with Crippen LogP contribution < -0.4 is 5.32 Å². The molecule has 37 heavy (non-hydrogen) atoms. The maximum atomic E-state index is 14.0. The monoisotopic (exact) mass is 569 g/mol. The highest BCUT2D eigenvalue weighted by atomic mass is 35.5. The second kappa shape index (κ2) is 8.66. The fraction of sp³-hybridized carbons (Fsp3) is 0.333. The number of nitriles is 1. The number of amides is 1. The zero-order valence-electron chi connectivity index (χ0n) is 18.2. The lowest BCUT2D eigenvalue weighted by molar-refractivity contribution is -0.292. The smallest absolute Gasteiger partial charge is 0.334 e. The molecule has 1 aliphatic carbocycles. The third kappa shape index (κ3) is 4.75. The average molecular weight is 570 g/mol. The van der Waals surface area contributed by atoms with Crippen molar-refractivity contribution < 1.29 is 39.9 Å². The highest BCUT2D eigenvalue weighted by molar-refractivity contribution is 7.18. The van der Waals surface area contributed by atoms with Crippen LogP contribution in [0.4, 0.5) is 35.1 Å². The van der Waals surface area contributed by atoms with Gasteiger partial charge in [-0.2, -0.15) is 45.5 Å². The number of carbonyl (C=O) groups excluding carboxylic acids is 1. The molecule has 1 N–H and O–H groups in total. The molecule has 196 valence electrons. The van der Waals surface area contributed by atoms with Crippen molar-refractivity contribution in [3.05, 3.63) is 46.2 Å². The van der Waals surface area contributed by atoms with E-state index in [4.69, 9.17) is 16.9 Å². The van der Waals surface area contributed by atoms with Gasteiger partial charge in [-0.15, -0.1) is 11.3 Å². The average Bonchev–Trinajstić information content (AvgIpc) is 3.21. The molecule has 0 aliphatic heterocycles. The van der Waals surface area contributed by atoms with Crippen molar-refractivity contribution in [2.75, 3.05) is 0 Å². The predicted molar refractivity (Wildman–Crippen MR) is 115 cm³/mol. The molecule has 0 unspecified atom stereocenters. The van der Waals surface area contributed by atoms with Crippen LogP contribution in [0.15, 0.2) is 24.4 Å². The highest BCUT2D eigenvalue weighted by Crippen LogP contribution is 2.51. The molecule has 3 aromatic rings. The number of rotatable bonds is 5. The Kier molecular flexibility index (Phi) is 6.27. The van der Waals surface area contributed by atoms with Crippen molar-refractivity contribution >= 4 is 28.8 Å². The number of halogens is 9. The van der Waals surface area contributed by atoms with Gasteiger partial charge in [-0.3, -0.25) is 9.48 Å². The van der Waals surface area contributed by atoms with Crippen LogP contribution in [-0.4, -0.2) is 32.4 Å². The number of alkyl halides is 8. The first-order valence-corrected chi connectivity index (χ1v) is 11.3. The minimum atomic E-state index is -6.32. The van der Waals surface area contributed by atoms with E-state index in [9.17, 15) is 39.9 Å². The van der Waals surface area contributed by atoms with Crippen molar-refractivity contribution in [3.63, 3.8) is 0 Å². The number of hydrogen-bond donors (Lipinski definition) is 1. The first kappa shape index (κ1) is 26.8. The van der Waals surface area contributed by atoms with Gasteiger partial charge in [-0.1, -0.05) is 17.7 Å². The summed E-state index contributed by atoms with van der Waals surface area (Å²) in [6.07, 6.45) is -10.2. The Hall–Kier alpha value is -3.25. The fourth-order valence-corrected chi connectivity index (χ4v) is 4.65. The van der Waals surface area contributed by atoms with E-state index in [1.807, 2.05) is 6.07 Å². The van der Waals surface area contributed by atoms with Crippen molar-refractivity contribution in [1.82, 2.24) is 20.1 Å². The van der Waals surface area contributed by atoms with Crippen LogP contribution in [0.1, 0.15) is 34.5 Å². The van der Waals surface area contributed by atoms with E-state index in [0.29, 0.717) is 24.2 Å².